The Morgan fingerprint density at radius 1 is 1.32 bits per heavy atom. The molecule has 2 N–H and O–H groups in total. The van der Waals surface area contributed by atoms with Gasteiger partial charge in [0.2, 0.25) is 5.91 Å². The Morgan fingerprint density at radius 2 is 2.09 bits per heavy atom. The van der Waals surface area contributed by atoms with Crippen molar-refractivity contribution in [2.24, 2.45) is 0 Å². The maximum absolute atomic E-state index is 12.0. The molecule has 2 aromatic rings. The van der Waals surface area contributed by atoms with Crippen LogP contribution in [-0.2, 0) is 4.79 Å². The number of nitrogens with zero attached hydrogens (tertiary/aromatic N) is 1. The molecule has 0 radical (unpaired) electrons. The van der Waals surface area contributed by atoms with E-state index in [1.54, 1.807) is 24.3 Å². The second kappa shape index (κ2) is 7.56. The Labute approximate surface area is 132 Å². The van der Waals surface area contributed by atoms with Gasteiger partial charge in [-0.1, -0.05) is 12.1 Å². The monoisotopic (exact) mass is 319 g/mol. The maximum Gasteiger partial charge on any atom is 0.255 e. The van der Waals surface area contributed by atoms with E-state index in [1.807, 2.05) is 12.3 Å². The molecule has 0 bridgehead atoms. The Hall–Kier alpha value is -2.41. The number of benzene rings is 1. The van der Waals surface area contributed by atoms with Gasteiger partial charge in [-0.25, -0.2) is 4.98 Å². The van der Waals surface area contributed by atoms with Gasteiger partial charge in [0.1, 0.15) is 5.75 Å². The molecular formula is C15H17N3O3S. The van der Waals surface area contributed by atoms with Gasteiger partial charge in [0.05, 0.1) is 18.4 Å². The molecule has 116 valence electrons. The lowest BCUT2D eigenvalue weighted by atomic mass is 10.2. The SMILES string of the molecule is COc1ccccc1C(=O)NCCC(=O)Nc1nc(C)cs1. The first-order valence-corrected chi connectivity index (χ1v) is 7.61. The highest BCUT2D eigenvalue weighted by molar-refractivity contribution is 7.13. The Balaban J connectivity index is 1.80. The number of amides is 2. The van der Waals surface area contributed by atoms with Crippen molar-refractivity contribution in [2.75, 3.05) is 19.0 Å². The molecule has 2 amide bonds. The molecule has 0 spiro atoms. The number of hydrogen-bond donors (Lipinski definition) is 2. The van der Waals surface area contributed by atoms with Gasteiger partial charge in [-0.3, -0.25) is 9.59 Å². The Morgan fingerprint density at radius 3 is 2.77 bits per heavy atom. The highest BCUT2D eigenvalue weighted by Crippen LogP contribution is 2.17. The Bertz CT molecular complexity index is 670. The molecule has 0 aliphatic carbocycles. The third-order valence-electron chi connectivity index (χ3n) is 2.85. The summed E-state index contributed by atoms with van der Waals surface area (Å²) in [5.41, 5.74) is 1.31. The molecule has 0 aliphatic rings. The quantitative estimate of drug-likeness (QED) is 0.855. The largest absolute Gasteiger partial charge is 0.496 e. The molecule has 7 heteroatoms. The molecule has 0 atom stereocenters. The molecule has 1 heterocycles. The number of carbonyl (C=O) groups is 2. The summed E-state index contributed by atoms with van der Waals surface area (Å²) in [5.74, 6) is 0.0488. The van der Waals surface area contributed by atoms with E-state index in [2.05, 4.69) is 15.6 Å². The van der Waals surface area contributed by atoms with E-state index < -0.39 is 0 Å². The maximum atomic E-state index is 12.0. The van der Waals surface area contributed by atoms with Crippen molar-refractivity contribution in [1.82, 2.24) is 10.3 Å². The highest BCUT2D eigenvalue weighted by atomic mass is 32.1. The third-order valence-corrected chi connectivity index (χ3v) is 3.73. The van der Waals surface area contributed by atoms with Gasteiger partial charge < -0.3 is 15.4 Å². The van der Waals surface area contributed by atoms with E-state index in [4.69, 9.17) is 4.74 Å². The van der Waals surface area contributed by atoms with Crippen LogP contribution in [0.4, 0.5) is 5.13 Å². The first-order chi connectivity index (χ1) is 10.6. The second-order valence-corrected chi connectivity index (χ2v) is 5.41. The summed E-state index contributed by atoms with van der Waals surface area (Å²) in [4.78, 5) is 27.9. The van der Waals surface area contributed by atoms with Crippen LogP contribution < -0.4 is 15.4 Å². The smallest absolute Gasteiger partial charge is 0.255 e. The molecule has 1 aromatic heterocycles. The van der Waals surface area contributed by atoms with E-state index in [0.29, 0.717) is 16.4 Å². The highest BCUT2D eigenvalue weighted by Gasteiger charge is 2.11. The van der Waals surface area contributed by atoms with Crippen molar-refractivity contribution in [1.29, 1.82) is 0 Å². The average molecular weight is 319 g/mol. The number of aromatic nitrogens is 1. The van der Waals surface area contributed by atoms with Crippen molar-refractivity contribution >= 4 is 28.3 Å². The molecular weight excluding hydrogens is 302 g/mol. The lowest BCUT2D eigenvalue weighted by molar-refractivity contribution is -0.116. The fraction of sp³-hybridized carbons (Fsp3) is 0.267. The fourth-order valence-electron chi connectivity index (χ4n) is 1.81. The normalized spacial score (nSPS) is 10.1. The Kier molecular flexibility index (Phi) is 5.48. The number of para-hydroxylation sites is 1. The van der Waals surface area contributed by atoms with Gasteiger partial charge in [0.15, 0.2) is 5.13 Å². The zero-order valence-corrected chi connectivity index (χ0v) is 13.2. The molecule has 0 fully saturated rings. The predicted octanol–water partition coefficient (Wildman–Crippen LogP) is 2.22. The summed E-state index contributed by atoms with van der Waals surface area (Å²) in [5, 5.41) is 7.82. The zero-order chi connectivity index (χ0) is 15.9. The summed E-state index contributed by atoms with van der Waals surface area (Å²) in [6.07, 6.45) is 0.180. The van der Waals surface area contributed by atoms with Crippen LogP contribution in [-0.4, -0.2) is 30.5 Å². The third kappa shape index (κ3) is 4.29. The summed E-state index contributed by atoms with van der Waals surface area (Å²) >= 11 is 1.37. The first kappa shape index (κ1) is 16.0. The number of anilines is 1. The van der Waals surface area contributed by atoms with Crippen molar-refractivity contribution in [3.8, 4) is 5.75 Å². The molecule has 0 saturated heterocycles. The number of methoxy groups -OCH3 is 1. The number of aryl methyl sites for hydroxylation is 1. The summed E-state index contributed by atoms with van der Waals surface area (Å²) in [6, 6.07) is 6.94. The van der Waals surface area contributed by atoms with E-state index >= 15 is 0 Å². The summed E-state index contributed by atoms with van der Waals surface area (Å²) in [7, 11) is 1.51. The van der Waals surface area contributed by atoms with Crippen LogP contribution in [0.5, 0.6) is 5.75 Å². The number of rotatable bonds is 6. The molecule has 2 rings (SSSR count). The average Bonchev–Trinajstić information content (AvgIpc) is 2.92. The number of ether oxygens (including phenoxy) is 1. The van der Waals surface area contributed by atoms with Crippen molar-refractivity contribution in [3.05, 3.63) is 40.9 Å². The van der Waals surface area contributed by atoms with Crippen LogP contribution in [0.2, 0.25) is 0 Å². The van der Waals surface area contributed by atoms with E-state index in [1.165, 1.54) is 18.4 Å². The van der Waals surface area contributed by atoms with E-state index in [-0.39, 0.29) is 24.8 Å². The standard InChI is InChI=1S/C15H17N3O3S/c1-10-9-22-15(17-10)18-13(19)7-8-16-14(20)11-5-3-4-6-12(11)21-2/h3-6,9H,7-8H2,1-2H3,(H,16,20)(H,17,18,19). The first-order valence-electron chi connectivity index (χ1n) is 6.73. The van der Waals surface area contributed by atoms with Crippen LogP contribution in [0, 0.1) is 6.92 Å². The van der Waals surface area contributed by atoms with Crippen LogP contribution in [0.25, 0.3) is 0 Å². The predicted molar refractivity (Wildman–Crippen MR) is 85.4 cm³/mol. The van der Waals surface area contributed by atoms with Gasteiger partial charge in [0.25, 0.3) is 5.91 Å². The fourth-order valence-corrected chi connectivity index (χ4v) is 2.51. The lowest BCUT2D eigenvalue weighted by Gasteiger charge is -2.08. The second-order valence-electron chi connectivity index (χ2n) is 4.55. The van der Waals surface area contributed by atoms with Gasteiger partial charge >= 0.3 is 0 Å². The van der Waals surface area contributed by atoms with Gasteiger partial charge in [0, 0.05) is 18.3 Å². The van der Waals surface area contributed by atoms with Crippen molar-refractivity contribution in [2.45, 2.75) is 13.3 Å². The van der Waals surface area contributed by atoms with Gasteiger partial charge in [-0.15, -0.1) is 11.3 Å². The molecule has 22 heavy (non-hydrogen) atoms. The zero-order valence-electron chi connectivity index (χ0n) is 12.4. The van der Waals surface area contributed by atoms with E-state index in [0.717, 1.165) is 5.69 Å². The number of nitrogens with one attached hydrogen (secondary N) is 2. The van der Waals surface area contributed by atoms with Crippen LogP contribution in [0.1, 0.15) is 22.5 Å². The molecule has 0 aliphatic heterocycles. The molecule has 0 saturated carbocycles. The van der Waals surface area contributed by atoms with Crippen LogP contribution >= 0.6 is 11.3 Å². The van der Waals surface area contributed by atoms with E-state index in [9.17, 15) is 9.59 Å². The molecule has 0 unspecified atom stereocenters. The van der Waals surface area contributed by atoms with Crippen molar-refractivity contribution < 1.29 is 14.3 Å². The van der Waals surface area contributed by atoms with Crippen LogP contribution in [0.15, 0.2) is 29.6 Å². The molecule has 6 nitrogen and oxygen atoms in total. The topological polar surface area (TPSA) is 80.3 Å². The van der Waals surface area contributed by atoms with Gasteiger partial charge in [-0.05, 0) is 19.1 Å². The molecule has 1 aromatic carbocycles. The number of hydrogen-bond acceptors (Lipinski definition) is 5. The summed E-state index contributed by atoms with van der Waals surface area (Å²) in [6.45, 7) is 2.10. The van der Waals surface area contributed by atoms with Crippen molar-refractivity contribution in [3.63, 3.8) is 0 Å². The minimum Gasteiger partial charge on any atom is -0.496 e. The number of carbonyl (C=O) groups excluding carboxylic acids is 2. The van der Waals surface area contributed by atoms with Gasteiger partial charge in [-0.2, -0.15) is 0 Å². The summed E-state index contributed by atoms with van der Waals surface area (Å²) < 4.78 is 5.13. The minimum absolute atomic E-state index is 0.180. The lowest BCUT2D eigenvalue weighted by Crippen LogP contribution is -2.28. The minimum atomic E-state index is -0.268. The number of thiazole rings is 1. The van der Waals surface area contributed by atoms with Crippen LogP contribution in [0.3, 0.4) is 0 Å².